The number of carbonyl (C=O) groups is 2. The molecule has 5 aliphatic rings. The maximum atomic E-state index is 14.7. The van der Waals surface area contributed by atoms with Crippen molar-refractivity contribution in [3.05, 3.63) is 11.8 Å². The maximum Gasteiger partial charge on any atom is 0.340 e. The Morgan fingerprint density at radius 2 is 1.88 bits per heavy atom. The quantitative estimate of drug-likeness (QED) is 0.726. The molecule has 0 bridgehead atoms. The lowest BCUT2D eigenvalue weighted by Crippen LogP contribution is -2.69. The van der Waals surface area contributed by atoms with Crippen LogP contribution in [0.1, 0.15) is 51.4 Å². The van der Waals surface area contributed by atoms with Gasteiger partial charge in [0.25, 0.3) is 0 Å². The van der Waals surface area contributed by atoms with Gasteiger partial charge in [-0.3, -0.25) is 4.79 Å². The molecule has 8 atom stereocenters. The maximum absolute atomic E-state index is 14.7. The molecule has 8 unspecified atom stereocenters. The van der Waals surface area contributed by atoms with Gasteiger partial charge in [-0.25, -0.2) is 9.18 Å². The second-order valence-corrected chi connectivity index (χ2v) is 8.83. The summed E-state index contributed by atoms with van der Waals surface area (Å²) in [7, 11) is 0. The SMILES string of the molecule is O=C(O)C1=CN2C3CC4CCCCC4CC3OC3C(F)CCC(C1=O)C32. The number of carboxylic acid groups (broad SMARTS) is 1. The molecular weight excluding hydrogens is 337 g/mol. The largest absolute Gasteiger partial charge is 0.478 e. The molecule has 1 saturated heterocycles. The number of rotatable bonds is 1. The smallest absolute Gasteiger partial charge is 0.340 e. The highest BCUT2D eigenvalue weighted by Gasteiger charge is 2.57. The summed E-state index contributed by atoms with van der Waals surface area (Å²) in [6.07, 6.45) is 7.37. The summed E-state index contributed by atoms with van der Waals surface area (Å²) in [5.41, 5.74) is -0.131. The molecule has 0 aromatic heterocycles. The molecule has 5 rings (SSSR count). The highest BCUT2D eigenvalue weighted by atomic mass is 19.1. The molecule has 26 heavy (non-hydrogen) atoms. The number of morpholine rings is 1. The molecule has 6 heteroatoms. The minimum Gasteiger partial charge on any atom is -0.478 e. The van der Waals surface area contributed by atoms with Crippen LogP contribution >= 0.6 is 0 Å². The number of halogens is 1. The molecule has 3 saturated carbocycles. The molecular formula is C20H26FNO4. The Bertz CT molecular complexity index is 664. The van der Waals surface area contributed by atoms with E-state index < -0.39 is 24.2 Å². The van der Waals surface area contributed by atoms with Gasteiger partial charge in [0, 0.05) is 12.1 Å². The second-order valence-electron chi connectivity index (χ2n) is 8.83. The normalized spacial score (nSPS) is 47.3. The van der Waals surface area contributed by atoms with E-state index >= 15 is 0 Å². The molecule has 0 aromatic rings. The number of Topliss-reactive ketones (excluding diaryl/α,β-unsaturated/α-hetero) is 1. The van der Waals surface area contributed by atoms with Crippen molar-refractivity contribution in [1.29, 1.82) is 0 Å². The first-order valence-electron chi connectivity index (χ1n) is 10.1. The van der Waals surface area contributed by atoms with Crippen molar-refractivity contribution in [3.8, 4) is 0 Å². The zero-order chi connectivity index (χ0) is 18.0. The number of carbonyl (C=O) groups excluding carboxylic acids is 1. The Kier molecular flexibility index (Phi) is 3.89. The fraction of sp³-hybridized carbons (Fsp3) is 0.800. The minimum absolute atomic E-state index is 0.0490. The first-order chi connectivity index (χ1) is 12.5. The zero-order valence-corrected chi connectivity index (χ0v) is 14.9. The van der Waals surface area contributed by atoms with Gasteiger partial charge in [-0.1, -0.05) is 25.7 Å². The predicted molar refractivity (Wildman–Crippen MR) is 91.1 cm³/mol. The number of carboxylic acids is 1. The number of nitrogens with zero attached hydrogens (tertiary/aromatic N) is 1. The van der Waals surface area contributed by atoms with Crippen LogP contribution in [-0.4, -0.2) is 52.2 Å². The third-order valence-electron chi connectivity index (χ3n) is 7.60. The Hall–Kier alpha value is -1.43. The van der Waals surface area contributed by atoms with Crippen molar-refractivity contribution in [2.24, 2.45) is 17.8 Å². The molecule has 2 heterocycles. The van der Waals surface area contributed by atoms with Crippen LogP contribution < -0.4 is 0 Å². The molecule has 142 valence electrons. The monoisotopic (exact) mass is 363 g/mol. The summed E-state index contributed by atoms with van der Waals surface area (Å²) in [5.74, 6) is -0.667. The fourth-order valence-electron chi connectivity index (χ4n) is 6.41. The third-order valence-corrected chi connectivity index (χ3v) is 7.60. The first-order valence-corrected chi connectivity index (χ1v) is 10.1. The van der Waals surface area contributed by atoms with Crippen LogP contribution in [0.3, 0.4) is 0 Å². The van der Waals surface area contributed by atoms with Crippen LogP contribution in [0, 0.1) is 17.8 Å². The summed E-state index contributed by atoms with van der Waals surface area (Å²) in [5, 5.41) is 9.51. The van der Waals surface area contributed by atoms with Crippen LogP contribution in [0.15, 0.2) is 11.8 Å². The molecule has 3 aliphatic carbocycles. The topological polar surface area (TPSA) is 66.8 Å². The van der Waals surface area contributed by atoms with Gasteiger partial charge in [-0.15, -0.1) is 0 Å². The average molecular weight is 363 g/mol. The molecule has 0 amide bonds. The van der Waals surface area contributed by atoms with Gasteiger partial charge in [-0.2, -0.15) is 0 Å². The lowest BCUT2D eigenvalue weighted by molar-refractivity contribution is -0.209. The van der Waals surface area contributed by atoms with Gasteiger partial charge in [-0.05, 0) is 37.5 Å². The van der Waals surface area contributed by atoms with Crippen molar-refractivity contribution in [2.75, 3.05) is 0 Å². The third kappa shape index (κ3) is 2.37. The van der Waals surface area contributed by atoms with Gasteiger partial charge >= 0.3 is 5.97 Å². The Balaban J connectivity index is 1.53. The van der Waals surface area contributed by atoms with Crippen LogP contribution in [0.25, 0.3) is 0 Å². The van der Waals surface area contributed by atoms with Gasteiger partial charge in [0.05, 0.1) is 18.2 Å². The number of fused-ring (bicyclic) bond motifs is 3. The standard InChI is InChI=1S/C20H26FNO4/c21-14-6-5-12-17-19(14)26-16-8-11-4-2-1-3-10(11)7-15(16)22(17)9-13(18(12)23)20(24)25/h9-12,14-17,19H,1-8H2,(H,24,25). The Labute approximate surface area is 152 Å². The molecule has 1 N–H and O–H groups in total. The van der Waals surface area contributed by atoms with Crippen LogP contribution in [0.2, 0.25) is 0 Å². The molecule has 4 fully saturated rings. The number of hydrogen-bond acceptors (Lipinski definition) is 4. The lowest BCUT2D eigenvalue weighted by atomic mass is 9.65. The summed E-state index contributed by atoms with van der Waals surface area (Å²) < 4.78 is 21.0. The molecule has 0 aromatic carbocycles. The van der Waals surface area contributed by atoms with Crippen molar-refractivity contribution < 1.29 is 23.8 Å². The van der Waals surface area contributed by atoms with Crippen LogP contribution in [0.5, 0.6) is 0 Å². The highest BCUT2D eigenvalue weighted by Crippen LogP contribution is 2.50. The van der Waals surface area contributed by atoms with E-state index in [2.05, 4.69) is 0 Å². The number of alkyl halides is 1. The highest BCUT2D eigenvalue weighted by molar-refractivity contribution is 6.18. The zero-order valence-electron chi connectivity index (χ0n) is 14.9. The summed E-state index contributed by atoms with van der Waals surface area (Å²) in [6, 6.07) is -0.262. The van der Waals surface area contributed by atoms with Gasteiger partial charge in [0.2, 0.25) is 0 Å². The number of aliphatic carboxylic acids is 1. The van der Waals surface area contributed by atoms with E-state index in [9.17, 15) is 19.1 Å². The first kappa shape index (κ1) is 16.7. The van der Waals surface area contributed by atoms with E-state index in [1.807, 2.05) is 4.90 Å². The van der Waals surface area contributed by atoms with E-state index in [4.69, 9.17) is 4.74 Å². The summed E-state index contributed by atoms with van der Waals surface area (Å²) in [6.45, 7) is 0. The van der Waals surface area contributed by atoms with Gasteiger partial charge < -0.3 is 14.7 Å². The van der Waals surface area contributed by atoms with Gasteiger partial charge in [0.15, 0.2) is 5.78 Å². The number of ketones is 1. The number of hydrogen-bond donors (Lipinski definition) is 1. The molecule has 0 spiro atoms. The van der Waals surface area contributed by atoms with E-state index in [1.165, 1.54) is 31.9 Å². The summed E-state index contributed by atoms with van der Waals surface area (Å²) in [4.78, 5) is 26.4. The van der Waals surface area contributed by atoms with E-state index in [1.54, 1.807) is 0 Å². The molecule has 5 nitrogen and oxygen atoms in total. The van der Waals surface area contributed by atoms with Gasteiger partial charge in [0.1, 0.15) is 17.8 Å². The predicted octanol–water partition coefficient (Wildman–Crippen LogP) is 2.69. The van der Waals surface area contributed by atoms with E-state index in [-0.39, 0.29) is 36.0 Å². The average Bonchev–Trinajstić information content (AvgIpc) is 2.63. The van der Waals surface area contributed by atoms with Crippen molar-refractivity contribution in [3.63, 3.8) is 0 Å². The van der Waals surface area contributed by atoms with Crippen molar-refractivity contribution in [2.45, 2.75) is 81.8 Å². The minimum atomic E-state index is -1.17. The van der Waals surface area contributed by atoms with Crippen molar-refractivity contribution >= 4 is 11.8 Å². The van der Waals surface area contributed by atoms with Crippen molar-refractivity contribution in [1.82, 2.24) is 4.90 Å². The summed E-state index contributed by atoms with van der Waals surface area (Å²) >= 11 is 0. The van der Waals surface area contributed by atoms with E-state index in [0.29, 0.717) is 18.3 Å². The second kappa shape index (κ2) is 6.04. The lowest BCUT2D eigenvalue weighted by Gasteiger charge is -2.59. The van der Waals surface area contributed by atoms with Crippen LogP contribution in [-0.2, 0) is 14.3 Å². The van der Waals surface area contributed by atoms with E-state index in [0.717, 1.165) is 12.8 Å². The van der Waals surface area contributed by atoms with Crippen LogP contribution in [0.4, 0.5) is 4.39 Å². The number of ether oxygens (including phenoxy) is 1. The fourth-order valence-corrected chi connectivity index (χ4v) is 6.41. The Morgan fingerprint density at radius 3 is 2.62 bits per heavy atom. The molecule has 2 aliphatic heterocycles. The molecule has 0 radical (unpaired) electrons. The Morgan fingerprint density at radius 1 is 1.15 bits per heavy atom.